The molecule has 2 rings (SSSR count). The Balaban J connectivity index is 2.00. The van der Waals surface area contributed by atoms with Gasteiger partial charge in [0.25, 0.3) is 5.91 Å². The molecule has 0 radical (unpaired) electrons. The Morgan fingerprint density at radius 2 is 2.09 bits per heavy atom. The number of amides is 1. The average molecular weight is 351 g/mol. The minimum Gasteiger partial charge on any atom is -0.480 e. The topological polar surface area (TPSA) is 64.1 Å². The Bertz CT molecular complexity index is 658. The van der Waals surface area contributed by atoms with Gasteiger partial charge < -0.3 is 4.74 Å². The zero-order valence-electron chi connectivity index (χ0n) is 13.7. The summed E-state index contributed by atoms with van der Waals surface area (Å²) < 4.78 is 6.69. The summed E-state index contributed by atoms with van der Waals surface area (Å²) in [7, 11) is 0. The van der Waals surface area contributed by atoms with Crippen molar-refractivity contribution in [1.29, 1.82) is 0 Å². The van der Waals surface area contributed by atoms with Crippen molar-refractivity contribution in [3.05, 3.63) is 29.8 Å². The number of nitrogens with zero attached hydrogens (tertiary/aromatic N) is 2. The van der Waals surface area contributed by atoms with Crippen molar-refractivity contribution in [2.45, 2.75) is 49.8 Å². The van der Waals surface area contributed by atoms with Crippen LogP contribution < -0.4 is 10.1 Å². The van der Waals surface area contributed by atoms with Crippen molar-refractivity contribution >= 4 is 34.1 Å². The average Bonchev–Trinajstić information content (AvgIpc) is 2.92. The number of para-hydroxylation sites is 1. The zero-order valence-corrected chi connectivity index (χ0v) is 15.3. The fraction of sp³-hybridized carbons (Fsp3) is 0.438. The fourth-order valence-corrected chi connectivity index (χ4v) is 3.84. The largest absolute Gasteiger partial charge is 0.480 e. The van der Waals surface area contributed by atoms with E-state index in [1.807, 2.05) is 38.1 Å². The molecule has 0 aliphatic rings. The molecule has 1 aromatic heterocycles. The van der Waals surface area contributed by atoms with Crippen molar-refractivity contribution in [2.24, 2.45) is 0 Å². The third kappa shape index (κ3) is 5.21. The minimum atomic E-state index is -0.554. The number of hydrogen-bond donors (Lipinski definition) is 1. The van der Waals surface area contributed by atoms with Crippen LogP contribution in [0.3, 0.4) is 0 Å². The van der Waals surface area contributed by atoms with Crippen molar-refractivity contribution in [2.75, 3.05) is 5.32 Å². The third-order valence-corrected chi connectivity index (χ3v) is 4.93. The summed E-state index contributed by atoms with van der Waals surface area (Å²) in [5, 5.41) is 11.8. The summed E-state index contributed by atoms with van der Waals surface area (Å²) >= 11 is 3.01. The van der Waals surface area contributed by atoms with Gasteiger partial charge in [-0.1, -0.05) is 62.1 Å². The van der Waals surface area contributed by atoms with Gasteiger partial charge in [-0.05, 0) is 25.0 Å². The molecule has 0 bridgehead atoms. The van der Waals surface area contributed by atoms with Gasteiger partial charge in [0.1, 0.15) is 5.75 Å². The van der Waals surface area contributed by atoms with Crippen LogP contribution in [-0.4, -0.2) is 27.5 Å². The summed E-state index contributed by atoms with van der Waals surface area (Å²) in [6.07, 6.45) is 0.0215. The van der Waals surface area contributed by atoms with Crippen LogP contribution >= 0.6 is 23.1 Å². The second-order valence-corrected chi connectivity index (χ2v) is 8.11. The molecule has 0 spiro atoms. The lowest BCUT2D eigenvalue weighted by Crippen LogP contribution is -2.32. The van der Waals surface area contributed by atoms with Crippen molar-refractivity contribution in [3.63, 3.8) is 0 Å². The Kier molecular flexibility index (Phi) is 6.41. The summed E-state index contributed by atoms with van der Waals surface area (Å²) in [6.45, 7) is 8.06. The first-order valence-corrected chi connectivity index (χ1v) is 9.22. The molecule has 1 heterocycles. The van der Waals surface area contributed by atoms with E-state index in [0.717, 1.165) is 15.7 Å². The zero-order chi connectivity index (χ0) is 16.8. The van der Waals surface area contributed by atoms with Gasteiger partial charge in [0.05, 0.1) is 0 Å². The number of carbonyl (C=O) groups is 1. The van der Waals surface area contributed by atoms with E-state index in [1.165, 1.54) is 11.3 Å². The second-order valence-electron chi connectivity index (χ2n) is 5.31. The number of nitrogens with one attached hydrogen (secondary N) is 1. The Hall–Kier alpha value is -1.60. The van der Waals surface area contributed by atoms with Crippen LogP contribution in [0.15, 0.2) is 28.6 Å². The molecule has 0 aliphatic heterocycles. The van der Waals surface area contributed by atoms with Gasteiger partial charge >= 0.3 is 0 Å². The number of aromatic nitrogens is 2. The van der Waals surface area contributed by atoms with Gasteiger partial charge in [-0.25, -0.2) is 0 Å². The number of benzene rings is 1. The number of ether oxygens (including phenoxy) is 1. The van der Waals surface area contributed by atoms with Gasteiger partial charge in [-0.2, -0.15) is 0 Å². The lowest BCUT2D eigenvalue weighted by atomic mass is 10.2. The first-order valence-electron chi connectivity index (χ1n) is 7.53. The highest BCUT2D eigenvalue weighted by molar-refractivity contribution is 8.01. The number of hydrogen-bond acceptors (Lipinski definition) is 6. The van der Waals surface area contributed by atoms with E-state index in [4.69, 9.17) is 4.74 Å². The highest BCUT2D eigenvalue weighted by Gasteiger charge is 2.21. The Labute approximate surface area is 144 Å². The maximum absolute atomic E-state index is 12.4. The normalized spacial score (nSPS) is 12.2. The molecule has 23 heavy (non-hydrogen) atoms. The third-order valence-electron chi connectivity index (χ3n) is 3.00. The van der Waals surface area contributed by atoms with Crippen LogP contribution in [0.2, 0.25) is 0 Å². The highest BCUT2D eigenvalue weighted by Crippen LogP contribution is 2.28. The van der Waals surface area contributed by atoms with Crippen LogP contribution in [0.4, 0.5) is 5.13 Å². The highest BCUT2D eigenvalue weighted by atomic mass is 32.2. The van der Waals surface area contributed by atoms with Crippen molar-refractivity contribution in [3.8, 4) is 5.75 Å². The predicted molar refractivity (Wildman–Crippen MR) is 95.4 cm³/mol. The van der Waals surface area contributed by atoms with E-state index >= 15 is 0 Å². The van der Waals surface area contributed by atoms with E-state index in [9.17, 15) is 4.79 Å². The van der Waals surface area contributed by atoms with Crippen LogP contribution in [0, 0.1) is 6.92 Å². The van der Waals surface area contributed by atoms with Gasteiger partial charge in [-0.3, -0.25) is 10.1 Å². The molecule has 7 heteroatoms. The van der Waals surface area contributed by atoms with E-state index in [-0.39, 0.29) is 5.91 Å². The summed E-state index contributed by atoms with van der Waals surface area (Å²) in [6, 6.07) is 7.67. The molecule has 1 atom stereocenters. The molecule has 0 aliphatic carbocycles. The number of carbonyl (C=O) groups excluding carboxylic acids is 1. The molecule has 124 valence electrons. The van der Waals surface area contributed by atoms with Gasteiger partial charge in [-0.15, -0.1) is 10.2 Å². The van der Waals surface area contributed by atoms with E-state index in [2.05, 4.69) is 29.4 Å². The molecule has 1 N–H and O–H groups in total. The van der Waals surface area contributed by atoms with Gasteiger partial charge in [0.2, 0.25) is 5.13 Å². The quantitative estimate of drug-likeness (QED) is 0.600. The molecule has 1 amide bonds. The van der Waals surface area contributed by atoms with Gasteiger partial charge in [0, 0.05) is 5.25 Å². The number of thioether (sulfide) groups is 1. The van der Waals surface area contributed by atoms with Crippen LogP contribution in [0.25, 0.3) is 0 Å². The second kappa shape index (κ2) is 8.31. The van der Waals surface area contributed by atoms with E-state index < -0.39 is 6.10 Å². The van der Waals surface area contributed by atoms with E-state index in [1.54, 1.807) is 11.8 Å². The molecule has 0 unspecified atom stereocenters. The number of rotatable bonds is 7. The minimum absolute atomic E-state index is 0.201. The van der Waals surface area contributed by atoms with E-state index in [0.29, 0.717) is 16.8 Å². The molecular weight excluding hydrogens is 330 g/mol. The molecule has 2 aromatic rings. The predicted octanol–water partition coefficient (Wildman–Crippen LogP) is 4.14. The maximum atomic E-state index is 12.4. The van der Waals surface area contributed by atoms with Crippen molar-refractivity contribution < 1.29 is 9.53 Å². The van der Waals surface area contributed by atoms with Crippen LogP contribution in [0.1, 0.15) is 32.8 Å². The van der Waals surface area contributed by atoms with Crippen LogP contribution in [-0.2, 0) is 4.79 Å². The lowest BCUT2D eigenvalue weighted by molar-refractivity contribution is -0.122. The molecule has 0 saturated heterocycles. The van der Waals surface area contributed by atoms with Crippen LogP contribution in [0.5, 0.6) is 5.75 Å². The van der Waals surface area contributed by atoms with Crippen molar-refractivity contribution in [1.82, 2.24) is 10.2 Å². The first-order chi connectivity index (χ1) is 11.0. The fourth-order valence-electron chi connectivity index (χ4n) is 1.86. The summed E-state index contributed by atoms with van der Waals surface area (Å²) in [4.78, 5) is 12.4. The monoisotopic (exact) mass is 351 g/mol. The van der Waals surface area contributed by atoms with Gasteiger partial charge in [0.15, 0.2) is 10.4 Å². The number of anilines is 1. The molecule has 0 fully saturated rings. The molecule has 0 saturated carbocycles. The summed E-state index contributed by atoms with van der Waals surface area (Å²) in [5.41, 5.74) is 1.00. The molecule has 1 aromatic carbocycles. The first kappa shape index (κ1) is 17.7. The molecular formula is C16H21N3O2S2. The Morgan fingerprint density at radius 3 is 2.74 bits per heavy atom. The standard InChI is InChI=1S/C16H21N3O2S2/c1-5-12(21-13-9-7-6-8-11(13)4)14(20)17-15-18-19-16(23-15)22-10(2)3/h6-10,12H,5H2,1-4H3,(H,17,18,20)/t12-/m0/s1. The maximum Gasteiger partial charge on any atom is 0.267 e. The number of aryl methyl sites for hydroxylation is 1. The smallest absolute Gasteiger partial charge is 0.267 e. The summed E-state index contributed by atoms with van der Waals surface area (Å²) in [5.74, 6) is 0.524. The molecule has 5 nitrogen and oxygen atoms in total. The Morgan fingerprint density at radius 1 is 1.35 bits per heavy atom. The lowest BCUT2D eigenvalue weighted by Gasteiger charge is -2.17. The SMILES string of the molecule is CC[C@H](Oc1ccccc1C)C(=O)Nc1nnc(SC(C)C)s1.